The molecular weight excluding hydrogens is 573 g/mol. The number of thioether (sulfide) groups is 2. The van der Waals surface area contributed by atoms with E-state index in [1.807, 2.05) is 59.1 Å². The predicted molar refractivity (Wildman–Crippen MR) is 160 cm³/mol. The van der Waals surface area contributed by atoms with Crippen LogP contribution in [0.3, 0.4) is 0 Å². The summed E-state index contributed by atoms with van der Waals surface area (Å²) in [4.78, 5) is 37.1. The molecule has 0 radical (unpaired) electrons. The summed E-state index contributed by atoms with van der Waals surface area (Å²) in [6.07, 6.45) is 5.04. The number of allylic oxidation sites excluding steroid dienone is 1. The molecule has 2 atom stereocenters. The van der Waals surface area contributed by atoms with Gasteiger partial charge >= 0.3 is 7.60 Å². The van der Waals surface area contributed by atoms with Crippen LogP contribution in [-0.2, 0) is 27.9 Å². The van der Waals surface area contributed by atoms with Gasteiger partial charge in [0, 0.05) is 28.8 Å². The van der Waals surface area contributed by atoms with Crippen LogP contribution in [0.2, 0.25) is 0 Å². The van der Waals surface area contributed by atoms with Gasteiger partial charge in [0.1, 0.15) is 18.2 Å². The van der Waals surface area contributed by atoms with E-state index in [0.717, 1.165) is 29.1 Å². The highest BCUT2D eigenvalue weighted by Gasteiger charge is 2.32. The van der Waals surface area contributed by atoms with E-state index in [0.29, 0.717) is 34.9 Å². The Kier molecular flexibility index (Phi) is 11.0. The molecule has 2 N–H and O–H groups in total. The molecule has 1 aliphatic carbocycles. The number of fused-ring (bicyclic) bond motifs is 1. The van der Waals surface area contributed by atoms with Crippen molar-refractivity contribution in [1.29, 1.82) is 0 Å². The highest BCUT2D eigenvalue weighted by Crippen LogP contribution is 2.49. The molecule has 2 heterocycles. The first kappa shape index (κ1) is 32.8. The van der Waals surface area contributed by atoms with Crippen molar-refractivity contribution in [2.45, 2.75) is 67.0 Å². The average Bonchev–Trinajstić information content (AvgIpc) is 3.45. The van der Waals surface area contributed by atoms with Crippen LogP contribution in [0, 0.1) is 10.8 Å². The Morgan fingerprint density at radius 1 is 1.02 bits per heavy atom. The van der Waals surface area contributed by atoms with E-state index >= 15 is 0 Å². The molecule has 0 fully saturated rings. The fourth-order valence-corrected chi connectivity index (χ4v) is 6.93. The lowest BCUT2D eigenvalue weighted by molar-refractivity contribution is -0.118. The van der Waals surface area contributed by atoms with Gasteiger partial charge in [0.15, 0.2) is 21.7 Å². The zero-order valence-electron chi connectivity index (χ0n) is 24.2. The first-order valence-electron chi connectivity index (χ1n) is 13.1. The normalized spacial score (nSPS) is 18.3. The fourth-order valence-electron chi connectivity index (χ4n) is 3.78. The molecule has 1 aliphatic rings. The van der Waals surface area contributed by atoms with Gasteiger partial charge in [-0.15, -0.1) is 0 Å². The van der Waals surface area contributed by atoms with Crippen LogP contribution in [0.4, 0.5) is 5.82 Å². The Bertz CT molecular complexity index is 1250. The Labute approximate surface area is 244 Å². The van der Waals surface area contributed by atoms with Crippen molar-refractivity contribution >= 4 is 58.3 Å². The van der Waals surface area contributed by atoms with Gasteiger partial charge in [0.05, 0.1) is 31.7 Å². The van der Waals surface area contributed by atoms with Gasteiger partial charge in [-0.2, -0.15) is 0 Å². The summed E-state index contributed by atoms with van der Waals surface area (Å²) in [6, 6.07) is -0.0647. The van der Waals surface area contributed by atoms with Crippen LogP contribution in [0.25, 0.3) is 11.2 Å². The SMILES string of the molecule is CC1=C[C@@H](OCP(=O)(OCCSC(=O)C(C)(C)C)OCCSC(=O)C(C)(C)C)C[C@H]1n1cnc2c(N)ncnc21. The lowest BCUT2D eigenvalue weighted by Crippen LogP contribution is -2.18. The largest absolute Gasteiger partial charge is 0.382 e. The van der Waals surface area contributed by atoms with Gasteiger partial charge in [0.25, 0.3) is 0 Å². The molecular formula is C26H40N5O6PS2. The van der Waals surface area contributed by atoms with Gasteiger partial charge in [0.2, 0.25) is 0 Å². The van der Waals surface area contributed by atoms with Gasteiger partial charge in [-0.3, -0.25) is 14.2 Å². The predicted octanol–water partition coefficient (Wildman–Crippen LogP) is 5.48. The Morgan fingerprint density at radius 2 is 1.60 bits per heavy atom. The van der Waals surface area contributed by atoms with E-state index in [1.54, 1.807) is 6.33 Å². The maximum Gasteiger partial charge on any atom is 0.356 e. The zero-order valence-corrected chi connectivity index (χ0v) is 26.7. The summed E-state index contributed by atoms with van der Waals surface area (Å²) in [5.41, 5.74) is 7.20. The third-order valence-electron chi connectivity index (χ3n) is 6.03. The molecule has 2 aromatic heterocycles. The number of carbonyl (C=O) groups is 2. The molecule has 3 rings (SSSR count). The number of nitrogen functional groups attached to an aromatic ring is 1. The van der Waals surface area contributed by atoms with Crippen LogP contribution in [0.15, 0.2) is 24.3 Å². The molecule has 0 saturated carbocycles. The van der Waals surface area contributed by atoms with Gasteiger partial charge in [-0.05, 0) is 6.92 Å². The second-order valence-corrected chi connectivity index (χ2v) is 15.8. The lowest BCUT2D eigenvalue weighted by atomic mass is 9.99. The number of nitrogens with two attached hydrogens (primary N) is 1. The molecule has 0 saturated heterocycles. The number of aromatic nitrogens is 4. The van der Waals surface area contributed by atoms with Gasteiger partial charge in [-0.25, -0.2) is 15.0 Å². The highest BCUT2D eigenvalue weighted by atomic mass is 32.2. The Morgan fingerprint density at radius 3 is 2.15 bits per heavy atom. The van der Waals surface area contributed by atoms with Crippen molar-refractivity contribution < 1.29 is 27.9 Å². The number of nitrogens with zero attached hydrogens (tertiary/aromatic N) is 4. The summed E-state index contributed by atoms with van der Waals surface area (Å²) in [6.45, 7) is 13.2. The van der Waals surface area contributed by atoms with Crippen molar-refractivity contribution in [3.8, 4) is 0 Å². The van der Waals surface area contributed by atoms with Crippen molar-refractivity contribution in [2.24, 2.45) is 10.8 Å². The average molecular weight is 614 g/mol. The first-order chi connectivity index (χ1) is 18.6. The van der Waals surface area contributed by atoms with Crippen molar-refractivity contribution in [3.05, 3.63) is 24.3 Å². The molecule has 0 aliphatic heterocycles. The van der Waals surface area contributed by atoms with E-state index in [9.17, 15) is 14.2 Å². The number of carbonyl (C=O) groups excluding carboxylic acids is 2. The fraction of sp³-hybridized carbons (Fsp3) is 0.654. The third kappa shape index (κ3) is 8.87. The lowest BCUT2D eigenvalue weighted by Gasteiger charge is -2.22. The van der Waals surface area contributed by atoms with Crippen LogP contribution in [-0.4, -0.2) is 66.9 Å². The summed E-state index contributed by atoms with van der Waals surface area (Å²) in [5, 5.41) is 0.0497. The smallest absolute Gasteiger partial charge is 0.356 e. The molecule has 0 spiro atoms. The summed E-state index contributed by atoms with van der Waals surface area (Å²) < 4.78 is 33.0. The van der Waals surface area contributed by atoms with E-state index in [1.165, 1.54) is 6.33 Å². The minimum absolute atomic E-state index is 0.0249. The van der Waals surface area contributed by atoms with Gasteiger partial charge in [-0.1, -0.05) is 76.7 Å². The van der Waals surface area contributed by atoms with E-state index in [2.05, 4.69) is 15.0 Å². The van der Waals surface area contributed by atoms with E-state index < -0.39 is 18.4 Å². The molecule has 40 heavy (non-hydrogen) atoms. The third-order valence-corrected chi connectivity index (χ3v) is 10.1. The van der Waals surface area contributed by atoms with Crippen LogP contribution in [0.5, 0.6) is 0 Å². The van der Waals surface area contributed by atoms with Crippen LogP contribution >= 0.6 is 31.1 Å². The quantitative estimate of drug-likeness (QED) is 0.183. The standard InChI is InChI=1S/C26H40N5O6PS2/c1-17-12-18(13-19(17)31-15-30-20-21(27)28-14-29-22(20)31)35-16-38(34,36-8-10-39-23(32)25(2,3)4)37-9-11-40-24(33)26(5,6)7/h12,14-15,18-19H,8-11,13,16H2,1-7H3,(H2,27,28,29)/t18-,19-/m1/s1. The Balaban J connectivity index is 1.60. The summed E-state index contributed by atoms with van der Waals surface area (Å²) in [5.74, 6) is 0.990. The van der Waals surface area contributed by atoms with E-state index in [4.69, 9.17) is 19.5 Å². The van der Waals surface area contributed by atoms with E-state index in [-0.39, 0.29) is 41.9 Å². The number of hydrogen-bond donors (Lipinski definition) is 1. The summed E-state index contributed by atoms with van der Waals surface area (Å²) in [7, 11) is -3.68. The molecule has 11 nitrogen and oxygen atoms in total. The number of imidazole rings is 1. The van der Waals surface area contributed by atoms with Crippen LogP contribution in [0.1, 0.15) is 60.9 Å². The first-order valence-corrected chi connectivity index (χ1v) is 16.8. The zero-order chi connectivity index (χ0) is 29.7. The monoisotopic (exact) mass is 613 g/mol. The maximum absolute atomic E-state index is 13.6. The number of hydrogen-bond acceptors (Lipinski definition) is 12. The second-order valence-electron chi connectivity index (χ2n) is 11.6. The molecule has 222 valence electrons. The molecule has 0 bridgehead atoms. The van der Waals surface area contributed by atoms with Crippen molar-refractivity contribution in [1.82, 2.24) is 19.5 Å². The second kappa shape index (κ2) is 13.5. The molecule has 0 amide bonds. The highest BCUT2D eigenvalue weighted by molar-refractivity contribution is 8.14. The number of ether oxygens (including phenoxy) is 1. The number of rotatable bonds is 12. The molecule has 2 aromatic rings. The molecule has 0 aromatic carbocycles. The van der Waals surface area contributed by atoms with Crippen LogP contribution < -0.4 is 5.73 Å². The Hall–Kier alpha value is -1.76. The van der Waals surface area contributed by atoms with Gasteiger partial charge < -0.3 is 24.1 Å². The number of anilines is 1. The van der Waals surface area contributed by atoms with Crippen molar-refractivity contribution in [3.63, 3.8) is 0 Å². The maximum atomic E-state index is 13.6. The summed E-state index contributed by atoms with van der Waals surface area (Å²) >= 11 is 2.27. The minimum atomic E-state index is -3.68. The molecule has 0 unspecified atom stereocenters. The minimum Gasteiger partial charge on any atom is -0.382 e. The van der Waals surface area contributed by atoms with Crippen molar-refractivity contribution in [2.75, 3.05) is 36.8 Å². The topological polar surface area (TPSA) is 149 Å². The molecule has 14 heteroatoms.